The molecule has 17 fully saturated rings. The summed E-state index contributed by atoms with van der Waals surface area (Å²) < 4.78 is 81.4. The molecule has 0 aromatic heterocycles. The number of amides is 1. The van der Waals surface area contributed by atoms with Crippen LogP contribution in [0.1, 0.15) is 6.92 Å². The quantitative estimate of drug-likeness (QED) is 0.0966. The lowest BCUT2D eigenvalue weighted by molar-refractivity contribution is -0.410. The van der Waals surface area contributed by atoms with E-state index in [2.05, 4.69) is 5.32 Å². The fourth-order valence-corrected chi connectivity index (χ4v) is 10.8. The molecule has 0 unspecified atom stereocenters. The number of aliphatic hydroxyl groups is 20. The predicted octanol–water partition coefficient (Wildman–Crippen LogP) is -15.1. The molecule has 17 saturated heterocycles. The zero-order chi connectivity index (χ0) is 58.3. The summed E-state index contributed by atoms with van der Waals surface area (Å²) in [7, 11) is 0. The zero-order valence-electron chi connectivity index (χ0n) is 42.2. The molecule has 36 heteroatoms. The summed E-state index contributed by atoms with van der Waals surface area (Å²) >= 11 is 0. The van der Waals surface area contributed by atoms with E-state index in [0.29, 0.717) is 0 Å². The smallest absolute Gasteiger partial charge is 0.217 e. The number of carbonyl (C=O) groups excluding carboxylic acids is 1. The van der Waals surface area contributed by atoms with Crippen LogP contribution in [0.5, 0.6) is 0 Å². The summed E-state index contributed by atoms with van der Waals surface area (Å²) in [6, 6.07) is -1.73. The van der Waals surface area contributed by atoms with Crippen molar-refractivity contribution >= 4 is 5.91 Å². The van der Waals surface area contributed by atoms with Crippen molar-refractivity contribution in [3.8, 4) is 0 Å². The monoisotopic (exact) mass is 1180 g/mol. The summed E-state index contributed by atoms with van der Waals surface area (Å²) in [6.07, 6.45) is -69.1. The predicted molar refractivity (Wildman–Crippen MR) is 240 cm³/mol. The number of rotatable bonds is 10. The van der Waals surface area contributed by atoms with Crippen LogP contribution in [0.2, 0.25) is 0 Å². The van der Waals surface area contributed by atoms with Crippen LogP contribution in [0.25, 0.3) is 0 Å². The number of nitrogens with one attached hydrogen (secondary N) is 1. The normalized spacial score (nSPS) is 53.5. The van der Waals surface area contributed by atoms with E-state index in [0.717, 1.165) is 6.92 Å². The van der Waals surface area contributed by atoms with Crippen LogP contribution in [0.15, 0.2) is 0 Å². The van der Waals surface area contributed by atoms with Crippen LogP contribution < -0.4 is 5.32 Å². The fraction of sp³-hybridized carbons (Fsp3) is 0.977. The van der Waals surface area contributed by atoms with Crippen molar-refractivity contribution in [2.45, 2.75) is 222 Å². The highest BCUT2D eigenvalue weighted by molar-refractivity contribution is 5.73. The molecule has 17 aliphatic rings. The van der Waals surface area contributed by atoms with Crippen molar-refractivity contribution in [3.05, 3.63) is 0 Å². The van der Waals surface area contributed by atoms with Crippen molar-refractivity contribution in [1.29, 1.82) is 0 Å². The van der Waals surface area contributed by atoms with Gasteiger partial charge in [-0.3, -0.25) is 4.79 Å². The van der Waals surface area contributed by atoms with Gasteiger partial charge in [0, 0.05) is 6.92 Å². The lowest BCUT2D eigenvalue weighted by Crippen LogP contribution is -2.70. The van der Waals surface area contributed by atoms with Crippen molar-refractivity contribution < 1.29 is 173 Å². The molecule has 0 aromatic rings. The SMILES string of the molecule is CC(=O)N[C@H]1[C@H](O[C@H]2[C@H]3O[C@H]4[C@H](O)[C@@H](O)[C@@H](O[C@H]5[C@H](O)[C@@H](O)[C@@H](O[C@H]6[C@H](O)[C@@H](O)[C@@H](O[C@H]7[C@H](O)[C@@H](O)[C@@H](O[C@H]8[C@H](O)[C@@H](O)[C@@H](O[C@@H]([C@@H]2O)[C@@H](CO)O3)O[C@@H]8CO)O[C@@H]7CO)O[C@@H]6CO)O[C@@H]5CO)O[C@@H]4CO)O[C@H](CO)[C@@H](O)[C@@H]1O. The van der Waals surface area contributed by atoms with E-state index in [1.807, 2.05) is 0 Å². The first-order chi connectivity index (χ1) is 38.0. The molecule has 1 amide bonds. The number of ether oxygens (including phenoxy) is 14. The van der Waals surface area contributed by atoms with E-state index in [-0.39, 0.29) is 0 Å². The first-order valence-electron chi connectivity index (χ1n) is 25.6. The molecule has 17 heterocycles. The molecule has 17 aliphatic heterocycles. The Hall–Kier alpha value is -1.89. The van der Waals surface area contributed by atoms with Gasteiger partial charge in [0.2, 0.25) is 5.91 Å². The number of hydrogen-bond donors (Lipinski definition) is 21. The minimum atomic E-state index is -2.30. The molecule has 0 aromatic carbocycles. The third-order valence-corrected chi connectivity index (χ3v) is 15.2. The number of hydrogen-bond acceptors (Lipinski definition) is 35. The molecule has 0 saturated carbocycles. The van der Waals surface area contributed by atoms with Gasteiger partial charge >= 0.3 is 0 Å². The lowest BCUT2D eigenvalue weighted by atomic mass is 9.94. The Kier molecular flexibility index (Phi) is 21.8. The van der Waals surface area contributed by atoms with E-state index in [9.17, 15) is 107 Å². The second-order valence-corrected chi connectivity index (χ2v) is 20.4. The first-order valence-corrected chi connectivity index (χ1v) is 25.6. The molecule has 12 bridgehead atoms. The highest BCUT2D eigenvalue weighted by Crippen LogP contribution is 2.39. The second-order valence-electron chi connectivity index (χ2n) is 20.4. The molecule has 17 rings (SSSR count). The minimum Gasteiger partial charge on any atom is -0.394 e. The average Bonchev–Trinajstić information content (AvgIpc) is 3.44. The Balaban J connectivity index is 1.15. The zero-order valence-corrected chi connectivity index (χ0v) is 42.2. The van der Waals surface area contributed by atoms with Crippen molar-refractivity contribution in [3.63, 3.8) is 0 Å². The molecule has 35 atom stereocenters. The summed E-state index contributed by atoms with van der Waals surface area (Å²) in [5.74, 6) is -0.830. The second kappa shape index (κ2) is 27.2. The van der Waals surface area contributed by atoms with Gasteiger partial charge in [-0.05, 0) is 0 Å². The molecule has 0 aliphatic carbocycles. The summed E-state index contributed by atoms with van der Waals surface area (Å²) in [4.78, 5) is 12.4. The Labute approximate surface area is 452 Å². The van der Waals surface area contributed by atoms with Crippen LogP contribution >= 0.6 is 0 Å². The van der Waals surface area contributed by atoms with Gasteiger partial charge in [0.1, 0.15) is 171 Å². The van der Waals surface area contributed by atoms with Crippen LogP contribution in [-0.2, 0) is 71.1 Å². The number of carbonyl (C=O) groups is 1. The molecule has 21 N–H and O–H groups in total. The van der Waals surface area contributed by atoms with Gasteiger partial charge in [0.15, 0.2) is 44.0 Å². The van der Waals surface area contributed by atoms with Gasteiger partial charge in [-0.15, -0.1) is 0 Å². The largest absolute Gasteiger partial charge is 0.394 e. The van der Waals surface area contributed by atoms with E-state index in [1.54, 1.807) is 0 Å². The van der Waals surface area contributed by atoms with E-state index >= 15 is 0 Å². The van der Waals surface area contributed by atoms with Gasteiger partial charge < -0.3 is 174 Å². The van der Waals surface area contributed by atoms with Crippen molar-refractivity contribution in [2.24, 2.45) is 0 Å². The maximum Gasteiger partial charge on any atom is 0.217 e. The molecular weight excluding hydrogens is 1100 g/mol. The average molecular weight is 1180 g/mol. The lowest BCUT2D eigenvalue weighted by Gasteiger charge is -2.51. The highest BCUT2D eigenvalue weighted by atomic mass is 16.8. The molecule has 0 spiro atoms. The van der Waals surface area contributed by atoms with Crippen molar-refractivity contribution in [2.75, 3.05) is 46.2 Å². The maximum atomic E-state index is 12.4. The van der Waals surface area contributed by atoms with Gasteiger partial charge in [0.25, 0.3) is 0 Å². The molecular formula is C44H73NO35. The Morgan fingerprint density at radius 2 is 0.562 bits per heavy atom. The molecule has 80 heavy (non-hydrogen) atoms. The third kappa shape index (κ3) is 12.7. The van der Waals surface area contributed by atoms with Gasteiger partial charge in [-0.2, -0.15) is 0 Å². The van der Waals surface area contributed by atoms with Gasteiger partial charge in [-0.1, -0.05) is 0 Å². The number of aliphatic hydroxyl groups excluding tert-OH is 20. The van der Waals surface area contributed by atoms with Crippen LogP contribution in [-0.4, -0.2) is 369 Å². The Bertz CT molecular complexity index is 1950. The molecule has 464 valence electrons. The third-order valence-electron chi connectivity index (χ3n) is 15.2. The fourth-order valence-electron chi connectivity index (χ4n) is 10.8. The summed E-state index contributed by atoms with van der Waals surface area (Å²) in [5, 5.41) is 224. The topological polar surface area (TPSA) is 563 Å². The van der Waals surface area contributed by atoms with Gasteiger partial charge in [-0.25, -0.2) is 0 Å². The summed E-state index contributed by atoms with van der Waals surface area (Å²) in [6.45, 7) is -6.45. The maximum absolute atomic E-state index is 12.4. The minimum absolute atomic E-state index is 0.830. The standard InChI is InChI=1S/C44H73NO35/c1-9(53)45-17-19(55)18(54)10(2-46)67-38(17)80-37-30(66)36-16(8-52)73-44(37)79-35-15(7-51)72-42(29(65)24(35)60)77-33-13(5-49)70-40(27(63)22(33)58)75-31-11(3-47)68-39(25(61)20(31)56)74-32-12(4-48)69-41(26(62)21(32)57)76-34-14(6-50)71-43(78-36)28(64)23(34)59/h10-44,46-52,54-66H,2-8H2,1H3,(H,45,53)/t10-,11-,12-,13-,14-,15-,16-,17-,18-,19-,20-,21-,22-,23-,24-,25-,26-,27-,28-,29-,30+,31-,32-,33-,34-,35-,36-,37-,38+,39-,40-,41-,42-,43-,44-/m1/s1. The van der Waals surface area contributed by atoms with Crippen molar-refractivity contribution in [1.82, 2.24) is 5.32 Å². The first kappa shape index (κ1) is 64.1. The highest BCUT2D eigenvalue weighted by Gasteiger charge is 2.60. The van der Waals surface area contributed by atoms with Crippen LogP contribution in [0, 0.1) is 0 Å². The van der Waals surface area contributed by atoms with Gasteiger partial charge in [0.05, 0.1) is 46.2 Å². The van der Waals surface area contributed by atoms with E-state index in [4.69, 9.17) is 66.3 Å². The van der Waals surface area contributed by atoms with Crippen LogP contribution in [0.4, 0.5) is 0 Å². The van der Waals surface area contributed by atoms with E-state index in [1.165, 1.54) is 0 Å². The summed E-state index contributed by atoms with van der Waals surface area (Å²) in [5.41, 5.74) is 0. The molecule has 0 radical (unpaired) electrons. The van der Waals surface area contributed by atoms with E-state index < -0.39 is 267 Å². The Morgan fingerprint density at radius 1 is 0.312 bits per heavy atom. The van der Waals surface area contributed by atoms with Crippen LogP contribution in [0.3, 0.4) is 0 Å². The Morgan fingerprint density at radius 3 is 0.825 bits per heavy atom. The molecule has 36 nitrogen and oxygen atoms in total.